The minimum atomic E-state index is -0.326. The van der Waals surface area contributed by atoms with Crippen LogP contribution in [0.15, 0.2) is 53.3 Å². The summed E-state index contributed by atoms with van der Waals surface area (Å²) in [5.74, 6) is 0.0735. The molecule has 1 aromatic heterocycles. The SMILES string of the molecule is O=c1[nH]c([C@@H]2NC[C@H](C[N+](=O)[O-])[C@@H]2c2ccc(Cl)cc2)nc2ccccc12. The van der Waals surface area contributed by atoms with Crippen molar-refractivity contribution in [3.05, 3.63) is 85.4 Å². The minimum Gasteiger partial charge on any atom is -0.309 e. The Kier molecular flexibility index (Phi) is 4.63. The maximum Gasteiger partial charge on any atom is 0.258 e. The number of para-hydroxylation sites is 1. The molecule has 1 fully saturated rings. The zero-order chi connectivity index (χ0) is 19.0. The second-order valence-electron chi connectivity index (χ2n) is 6.71. The van der Waals surface area contributed by atoms with Crippen molar-refractivity contribution in [2.75, 3.05) is 13.1 Å². The van der Waals surface area contributed by atoms with Crippen LogP contribution in [0.5, 0.6) is 0 Å². The highest BCUT2D eigenvalue weighted by atomic mass is 35.5. The Labute approximate surface area is 159 Å². The van der Waals surface area contributed by atoms with E-state index in [4.69, 9.17) is 11.6 Å². The fraction of sp³-hybridized carbons (Fsp3) is 0.263. The van der Waals surface area contributed by atoms with Gasteiger partial charge in [-0.1, -0.05) is 35.9 Å². The third-order valence-corrected chi connectivity index (χ3v) is 5.28. The van der Waals surface area contributed by atoms with E-state index in [2.05, 4.69) is 15.3 Å². The van der Waals surface area contributed by atoms with E-state index in [0.717, 1.165) is 5.56 Å². The quantitative estimate of drug-likeness (QED) is 0.532. The zero-order valence-electron chi connectivity index (χ0n) is 14.3. The van der Waals surface area contributed by atoms with Crippen LogP contribution >= 0.6 is 11.6 Å². The summed E-state index contributed by atoms with van der Waals surface area (Å²) in [7, 11) is 0. The Bertz CT molecular complexity index is 1050. The maximum atomic E-state index is 12.5. The van der Waals surface area contributed by atoms with Crippen LogP contribution in [-0.2, 0) is 0 Å². The largest absolute Gasteiger partial charge is 0.309 e. The van der Waals surface area contributed by atoms with Crippen LogP contribution in [0.3, 0.4) is 0 Å². The molecule has 0 unspecified atom stereocenters. The highest BCUT2D eigenvalue weighted by Gasteiger charge is 2.41. The molecule has 138 valence electrons. The van der Waals surface area contributed by atoms with Crippen molar-refractivity contribution in [2.24, 2.45) is 5.92 Å². The highest BCUT2D eigenvalue weighted by Crippen LogP contribution is 2.40. The van der Waals surface area contributed by atoms with Crippen LogP contribution in [0.25, 0.3) is 10.9 Å². The van der Waals surface area contributed by atoms with Gasteiger partial charge in [0.25, 0.3) is 5.56 Å². The van der Waals surface area contributed by atoms with Gasteiger partial charge in [-0.15, -0.1) is 0 Å². The molecule has 0 aliphatic carbocycles. The molecule has 1 aliphatic heterocycles. The van der Waals surface area contributed by atoms with Crippen LogP contribution in [0.4, 0.5) is 0 Å². The number of nitro groups is 1. The lowest BCUT2D eigenvalue weighted by atomic mass is 9.84. The fourth-order valence-electron chi connectivity index (χ4n) is 3.84. The highest BCUT2D eigenvalue weighted by molar-refractivity contribution is 6.30. The standard InChI is InChI=1S/C19H17ClN4O3/c20-13-7-5-11(6-8-13)16-12(10-24(26)27)9-21-17(16)18-22-15-4-2-1-3-14(15)19(25)23-18/h1-8,12,16-17,21H,9-10H2,(H,22,23,25)/t12-,16+,17-/m1/s1. The molecule has 8 heteroatoms. The zero-order valence-corrected chi connectivity index (χ0v) is 15.0. The Morgan fingerprint density at radius 3 is 2.67 bits per heavy atom. The molecular weight excluding hydrogens is 368 g/mol. The first-order valence-electron chi connectivity index (χ1n) is 8.62. The lowest BCUT2D eigenvalue weighted by Crippen LogP contribution is -2.24. The molecule has 0 radical (unpaired) electrons. The fourth-order valence-corrected chi connectivity index (χ4v) is 3.97. The van der Waals surface area contributed by atoms with E-state index in [9.17, 15) is 14.9 Å². The summed E-state index contributed by atoms with van der Waals surface area (Å²) in [6, 6.07) is 14.1. The Morgan fingerprint density at radius 1 is 1.19 bits per heavy atom. The van der Waals surface area contributed by atoms with Crippen LogP contribution in [0, 0.1) is 16.0 Å². The number of rotatable bonds is 4. The van der Waals surface area contributed by atoms with E-state index < -0.39 is 0 Å². The van der Waals surface area contributed by atoms with Crippen molar-refractivity contribution in [1.82, 2.24) is 15.3 Å². The molecular formula is C19H17ClN4O3. The van der Waals surface area contributed by atoms with Crippen molar-refractivity contribution in [2.45, 2.75) is 12.0 Å². The van der Waals surface area contributed by atoms with E-state index in [1.54, 1.807) is 30.3 Å². The number of aromatic amines is 1. The summed E-state index contributed by atoms with van der Waals surface area (Å²) in [5, 5.41) is 15.6. The number of benzene rings is 2. The average molecular weight is 385 g/mol. The third kappa shape index (κ3) is 3.43. The van der Waals surface area contributed by atoms with Crippen molar-refractivity contribution < 1.29 is 4.92 Å². The smallest absolute Gasteiger partial charge is 0.258 e. The monoisotopic (exact) mass is 384 g/mol. The number of nitrogens with one attached hydrogen (secondary N) is 2. The summed E-state index contributed by atoms with van der Waals surface area (Å²) in [6.07, 6.45) is 0. The molecule has 2 N–H and O–H groups in total. The van der Waals surface area contributed by atoms with Gasteiger partial charge in [-0.3, -0.25) is 14.9 Å². The van der Waals surface area contributed by atoms with E-state index in [0.29, 0.717) is 28.3 Å². The van der Waals surface area contributed by atoms with E-state index in [-0.39, 0.29) is 34.9 Å². The number of aromatic nitrogens is 2. The Hall–Kier alpha value is -2.77. The topological polar surface area (TPSA) is 101 Å². The minimum absolute atomic E-state index is 0.158. The molecule has 0 amide bonds. The second-order valence-corrected chi connectivity index (χ2v) is 7.14. The molecule has 4 rings (SSSR count). The number of fused-ring (bicyclic) bond motifs is 1. The van der Waals surface area contributed by atoms with Gasteiger partial charge in [0.15, 0.2) is 0 Å². The van der Waals surface area contributed by atoms with Crippen molar-refractivity contribution in [1.29, 1.82) is 0 Å². The van der Waals surface area contributed by atoms with E-state index in [1.807, 2.05) is 18.2 Å². The van der Waals surface area contributed by atoms with Gasteiger partial charge in [0.1, 0.15) is 5.82 Å². The first-order valence-corrected chi connectivity index (χ1v) is 9.00. The molecule has 0 saturated carbocycles. The van der Waals surface area contributed by atoms with Crippen molar-refractivity contribution >= 4 is 22.5 Å². The summed E-state index contributed by atoms with van der Waals surface area (Å²) >= 11 is 5.99. The summed E-state index contributed by atoms with van der Waals surface area (Å²) < 4.78 is 0. The summed E-state index contributed by atoms with van der Waals surface area (Å²) in [4.78, 5) is 30.8. The number of halogens is 1. The molecule has 0 spiro atoms. The van der Waals surface area contributed by atoms with Gasteiger partial charge in [0, 0.05) is 28.3 Å². The molecule has 2 heterocycles. The Balaban J connectivity index is 1.79. The molecule has 1 saturated heterocycles. The number of hydrogen-bond acceptors (Lipinski definition) is 5. The number of nitrogens with zero attached hydrogens (tertiary/aromatic N) is 2. The predicted molar refractivity (Wildman–Crippen MR) is 103 cm³/mol. The predicted octanol–water partition coefficient (Wildman–Crippen LogP) is 2.90. The van der Waals surface area contributed by atoms with Crippen LogP contribution in [0.2, 0.25) is 5.02 Å². The van der Waals surface area contributed by atoms with Crippen LogP contribution < -0.4 is 10.9 Å². The number of H-pyrrole nitrogens is 1. The van der Waals surface area contributed by atoms with E-state index >= 15 is 0 Å². The molecule has 1 aliphatic rings. The van der Waals surface area contributed by atoms with Crippen molar-refractivity contribution in [3.8, 4) is 0 Å². The average Bonchev–Trinajstić information content (AvgIpc) is 3.05. The van der Waals surface area contributed by atoms with Gasteiger partial charge in [-0.25, -0.2) is 4.98 Å². The van der Waals surface area contributed by atoms with Gasteiger partial charge in [-0.05, 0) is 29.8 Å². The number of hydrogen-bond donors (Lipinski definition) is 2. The van der Waals surface area contributed by atoms with E-state index in [1.165, 1.54) is 0 Å². The normalized spacial score (nSPS) is 22.2. The third-order valence-electron chi connectivity index (χ3n) is 5.03. The maximum absolute atomic E-state index is 12.5. The van der Waals surface area contributed by atoms with Gasteiger partial charge < -0.3 is 10.3 Å². The lowest BCUT2D eigenvalue weighted by Gasteiger charge is -2.22. The second kappa shape index (κ2) is 7.09. The van der Waals surface area contributed by atoms with Gasteiger partial charge in [-0.2, -0.15) is 0 Å². The van der Waals surface area contributed by atoms with Gasteiger partial charge >= 0.3 is 0 Å². The van der Waals surface area contributed by atoms with Crippen molar-refractivity contribution in [3.63, 3.8) is 0 Å². The van der Waals surface area contributed by atoms with Crippen LogP contribution in [0.1, 0.15) is 23.3 Å². The van der Waals surface area contributed by atoms with Gasteiger partial charge in [0.05, 0.1) is 16.9 Å². The molecule has 3 atom stereocenters. The van der Waals surface area contributed by atoms with Gasteiger partial charge in [0.2, 0.25) is 6.54 Å². The summed E-state index contributed by atoms with van der Waals surface area (Å²) in [5.41, 5.74) is 1.31. The molecule has 27 heavy (non-hydrogen) atoms. The molecule has 0 bridgehead atoms. The Morgan fingerprint density at radius 2 is 1.93 bits per heavy atom. The molecule has 7 nitrogen and oxygen atoms in total. The van der Waals surface area contributed by atoms with Crippen LogP contribution in [-0.4, -0.2) is 28.0 Å². The lowest BCUT2D eigenvalue weighted by molar-refractivity contribution is -0.487. The summed E-state index contributed by atoms with van der Waals surface area (Å²) in [6.45, 7) is 0.310. The molecule has 2 aromatic carbocycles. The molecule has 3 aromatic rings. The first-order chi connectivity index (χ1) is 13.0. The first kappa shape index (κ1) is 17.6.